The second-order valence-corrected chi connectivity index (χ2v) is 4.43. The molecule has 0 radical (unpaired) electrons. The summed E-state index contributed by atoms with van der Waals surface area (Å²) in [6.07, 6.45) is 6.55. The molecule has 0 aromatic heterocycles. The molecule has 3 nitrogen and oxygen atoms in total. The van der Waals surface area contributed by atoms with Gasteiger partial charge in [-0.2, -0.15) is 11.8 Å². The molecule has 0 rings (SSSR count). The fourth-order valence-electron chi connectivity index (χ4n) is 1.18. The lowest BCUT2D eigenvalue weighted by Gasteiger charge is -2.08. The Bertz CT molecular complexity index is 114. The molecular weight excluding hydrogens is 198 g/mol. The van der Waals surface area contributed by atoms with Gasteiger partial charge in [0.05, 0.1) is 12.7 Å². The second kappa shape index (κ2) is 11.3. The van der Waals surface area contributed by atoms with Crippen LogP contribution in [0, 0.1) is 0 Å². The van der Waals surface area contributed by atoms with Crippen LogP contribution in [0.1, 0.15) is 25.7 Å². The summed E-state index contributed by atoms with van der Waals surface area (Å²) in [7, 11) is 0. The van der Waals surface area contributed by atoms with E-state index in [1.807, 2.05) is 11.8 Å². The van der Waals surface area contributed by atoms with Crippen LogP contribution in [0.5, 0.6) is 0 Å². The van der Waals surface area contributed by atoms with Crippen LogP contribution in [0.4, 0.5) is 0 Å². The van der Waals surface area contributed by atoms with E-state index in [1.165, 1.54) is 25.0 Å². The van der Waals surface area contributed by atoms with Crippen LogP contribution in [0.25, 0.3) is 0 Å². The Morgan fingerprint density at radius 1 is 1.21 bits per heavy atom. The maximum absolute atomic E-state index is 9.02. The van der Waals surface area contributed by atoms with Gasteiger partial charge in [-0.25, -0.2) is 0 Å². The molecule has 0 saturated carbocycles. The minimum atomic E-state index is -0.605. The third kappa shape index (κ3) is 10.3. The van der Waals surface area contributed by atoms with E-state index < -0.39 is 6.10 Å². The number of aliphatic hydroxyl groups is 2. The Morgan fingerprint density at radius 3 is 2.57 bits per heavy atom. The van der Waals surface area contributed by atoms with Crippen molar-refractivity contribution in [1.82, 2.24) is 5.32 Å². The zero-order valence-corrected chi connectivity index (χ0v) is 9.85. The Morgan fingerprint density at radius 2 is 1.93 bits per heavy atom. The molecule has 0 aliphatic heterocycles. The van der Waals surface area contributed by atoms with Crippen molar-refractivity contribution in [3.05, 3.63) is 0 Å². The maximum atomic E-state index is 9.02. The highest BCUT2D eigenvalue weighted by molar-refractivity contribution is 7.98. The van der Waals surface area contributed by atoms with Crippen molar-refractivity contribution >= 4 is 11.8 Å². The number of nitrogens with one attached hydrogen (secondary N) is 1. The van der Waals surface area contributed by atoms with E-state index in [4.69, 9.17) is 10.2 Å². The minimum absolute atomic E-state index is 0.152. The van der Waals surface area contributed by atoms with Crippen LogP contribution in [-0.2, 0) is 0 Å². The third-order valence-electron chi connectivity index (χ3n) is 2.04. The first-order valence-corrected chi connectivity index (χ1v) is 6.69. The van der Waals surface area contributed by atoms with E-state index in [1.54, 1.807) is 0 Å². The van der Waals surface area contributed by atoms with Gasteiger partial charge < -0.3 is 15.5 Å². The average Bonchev–Trinajstić information content (AvgIpc) is 2.21. The van der Waals surface area contributed by atoms with Gasteiger partial charge in [0.2, 0.25) is 0 Å². The first kappa shape index (κ1) is 14.2. The SMILES string of the molecule is CSCCCCCCNCC(O)CO. The maximum Gasteiger partial charge on any atom is 0.0894 e. The van der Waals surface area contributed by atoms with Crippen LogP contribution in [-0.4, -0.2) is 48.0 Å². The minimum Gasteiger partial charge on any atom is -0.394 e. The number of thioether (sulfide) groups is 1. The molecule has 0 spiro atoms. The van der Waals surface area contributed by atoms with Gasteiger partial charge in [0.25, 0.3) is 0 Å². The van der Waals surface area contributed by atoms with E-state index >= 15 is 0 Å². The number of rotatable bonds is 10. The van der Waals surface area contributed by atoms with Gasteiger partial charge in [-0.05, 0) is 31.4 Å². The van der Waals surface area contributed by atoms with Crippen LogP contribution in [0.3, 0.4) is 0 Å². The zero-order valence-electron chi connectivity index (χ0n) is 9.04. The second-order valence-electron chi connectivity index (χ2n) is 3.45. The summed E-state index contributed by atoms with van der Waals surface area (Å²) in [5.41, 5.74) is 0. The lowest BCUT2D eigenvalue weighted by molar-refractivity contribution is 0.0945. The van der Waals surface area contributed by atoms with Crippen LogP contribution in [0.2, 0.25) is 0 Å². The summed E-state index contributed by atoms with van der Waals surface area (Å²) in [6.45, 7) is 1.29. The number of aliphatic hydroxyl groups excluding tert-OH is 2. The van der Waals surface area contributed by atoms with Crippen LogP contribution in [0.15, 0.2) is 0 Å². The number of hydrogen-bond donors (Lipinski definition) is 3. The van der Waals surface area contributed by atoms with Crippen molar-refractivity contribution in [3.8, 4) is 0 Å². The average molecular weight is 221 g/mol. The van der Waals surface area contributed by atoms with Gasteiger partial charge >= 0.3 is 0 Å². The molecule has 0 fully saturated rings. The van der Waals surface area contributed by atoms with Gasteiger partial charge in [0.1, 0.15) is 0 Å². The number of unbranched alkanes of at least 4 members (excludes halogenated alkanes) is 3. The summed E-state index contributed by atoms with van der Waals surface area (Å²) in [5, 5.41) is 20.7. The first-order chi connectivity index (χ1) is 6.81. The standard InChI is InChI=1S/C10H23NO2S/c1-14-7-5-3-2-4-6-11-8-10(13)9-12/h10-13H,2-9H2,1H3. The van der Waals surface area contributed by atoms with Crippen LogP contribution >= 0.6 is 11.8 Å². The summed E-state index contributed by atoms with van der Waals surface area (Å²) >= 11 is 1.90. The Balaban J connectivity index is 2.92. The fraction of sp³-hybridized carbons (Fsp3) is 1.00. The molecule has 86 valence electrons. The van der Waals surface area contributed by atoms with Crippen molar-refractivity contribution < 1.29 is 10.2 Å². The van der Waals surface area contributed by atoms with Crippen molar-refractivity contribution in [3.63, 3.8) is 0 Å². The van der Waals surface area contributed by atoms with Crippen molar-refractivity contribution in [2.75, 3.05) is 31.7 Å². The quantitative estimate of drug-likeness (QED) is 0.479. The van der Waals surface area contributed by atoms with E-state index in [0.717, 1.165) is 13.0 Å². The highest BCUT2D eigenvalue weighted by Gasteiger charge is 1.99. The lowest BCUT2D eigenvalue weighted by Crippen LogP contribution is -2.29. The number of hydrogen-bond acceptors (Lipinski definition) is 4. The first-order valence-electron chi connectivity index (χ1n) is 5.29. The fourth-order valence-corrected chi connectivity index (χ4v) is 1.68. The van der Waals surface area contributed by atoms with Crippen LogP contribution < -0.4 is 5.32 Å². The molecule has 0 amide bonds. The summed E-state index contributed by atoms with van der Waals surface area (Å²) in [6, 6.07) is 0. The van der Waals surface area contributed by atoms with E-state index in [9.17, 15) is 0 Å². The molecule has 4 heteroatoms. The molecule has 0 aliphatic rings. The molecule has 0 bridgehead atoms. The smallest absolute Gasteiger partial charge is 0.0894 e. The molecule has 0 heterocycles. The van der Waals surface area contributed by atoms with Gasteiger partial charge in [-0.3, -0.25) is 0 Å². The molecule has 1 unspecified atom stereocenters. The van der Waals surface area contributed by atoms with Gasteiger partial charge in [-0.1, -0.05) is 12.8 Å². The van der Waals surface area contributed by atoms with Gasteiger partial charge in [0.15, 0.2) is 0 Å². The molecular formula is C10H23NO2S. The highest BCUT2D eigenvalue weighted by atomic mass is 32.2. The third-order valence-corrected chi connectivity index (χ3v) is 2.74. The largest absolute Gasteiger partial charge is 0.394 e. The molecule has 0 aromatic carbocycles. The predicted octanol–water partition coefficient (Wildman–Crippen LogP) is 0.853. The Hall–Kier alpha value is 0.230. The van der Waals surface area contributed by atoms with E-state index in [2.05, 4.69) is 11.6 Å². The van der Waals surface area contributed by atoms with E-state index in [0.29, 0.717) is 6.54 Å². The van der Waals surface area contributed by atoms with Gasteiger partial charge in [0, 0.05) is 6.54 Å². The molecule has 14 heavy (non-hydrogen) atoms. The normalized spacial score (nSPS) is 13.1. The Labute approximate surface area is 91.3 Å². The monoisotopic (exact) mass is 221 g/mol. The Kier molecular flexibility index (Phi) is 11.5. The van der Waals surface area contributed by atoms with Crippen molar-refractivity contribution in [2.24, 2.45) is 0 Å². The molecule has 3 N–H and O–H groups in total. The van der Waals surface area contributed by atoms with E-state index in [-0.39, 0.29) is 6.61 Å². The predicted molar refractivity (Wildman–Crippen MR) is 62.8 cm³/mol. The molecule has 1 atom stereocenters. The highest BCUT2D eigenvalue weighted by Crippen LogP contribution is 2.03. The molecule has 0 saturated heterocycles. The zero-order chi connectivity index (χ0) is 10.6. The van der Waals surface area contributed by atoms with Crippen molar-refractivity contribution in [2.45, 2.75) is 31.8 Å². The summed E-state index contributed by atoms with van der Waals surface area (Å²) in [5.74, 6) is 1.26. The molecule has 0 aliphatic carbocycles. The lowest BCUT2D eigenvalue weighted by atomic mass is 10.2. The van der Waals surface area contributed by atoms with Gasteiger partial charge in [-0.15, -0.1) is 0 Å². The molecule has 0 aromatic rings. The van der Waals surface area contributed by atoms with Crippen molar-refractivity contribution in [1.29, 1.82) is 0 Å². The summed E-state index contributed by atoms with van der Waals surface area (Å²) < 4.78 is 0. The summed E-state index contributed by atoms with van der Waals surface area (Å²) in [4.78, 5) is 0. The topological polar surface area (TPSA) is 52.5 Å².